The SMILES string of the molecule is CSc1cccc(N(C)Cc2cnn(C)c2)c1C(=N)N. The second kappa shape index (κ2) is 6.00. The molecule has 0 aliphatic carbocycles. The molecule has 0 atom stereocenters. The predicted molar refractivity (Wildman–Crippen MR) is 84.6 cm³/mol. The highest BCUT2D eigenvalue weighted by Gasteiger charge is 2.14. The summed E-state index contributed by atoms with van der Waals surface area (Å²) in [5.74, 6) is 0.1000. The van der Waals surface area contributed by atoms with Crippen LogP contribution in [0.4, 0.5) is 5.69 Å². The Morgan fingerprint density at radius 3 is 2.80 bits per heavy atom. The van der Waals surface area contributed by atoms with Gasteiger partial charge in [-0.2, -0.15) is 5.10 Å². The molecule has 2 rings (SSSR count). The molecule has 5 nitrogen and oxygen atoms in total. The number of aryl methyl sites for hydroxylation is 1. The van der Waals surface area contributed by atoms with Crippen LogP contribution in [0.2, 0.25) is 0 Å². The highest BCUT2D eigenvalue weighted by Crippen LogP contribution is 2.29. The summed E-state index contributed by atoms with van der Waals surface area (Å²) in [6, 6.07) is 5.98. The van der Waals surface area contributed by atoms with Crippen molar-refractivity contribution in [1.82, 2.24) is 9.78 Å². The van der Waals surface area contributed by atoms with Gasteiger partial charge in [-0.15, -0.1) is 11.8 Å². The van der Waals surface area contributed by atoms with Crippen molar-refractivity contribution in [2.24, 2.45) is 12.8 Å². The zero-order chi connectivity index (χ0) is 14.7. The first-order valence-corrected chi connectivity index (χ1v) is 7.45. The second-order valence-electron chi connectivity index (χ2n) is 4.65. The summed E-state index contributed by atoms with van der Waals surface area (Å²) in [7, 11) is 3.90. The van der Waals surface area contributed by atoms with Crippen molar-refractivity contribution in [3.63, 3.8) is 0 Å². The van der Waals surface area contributed by atoms with E-state index in [1.54, 1.807) is 16.4 Å². The minimum atomic E-state index is 0.1000. The summed E-state index contributed by atoms with van der Waals surface area (Å²) in [6.07, 6.45) is 5.83. The zero-order valence-corrected chi connectivity index (χ0v) is 12.7. The largest absolute Gasteiger partial charge is 0.384 e. The van der Waals surface area contributed by atoms with Gasteiger partial charge in [0.05, 0.1) is 11.8 Å². The van der Waals surface area contributed by atoms with E-state index < -0.39 is 0 Å². The molecule has 1 aromatic heterocycles. The van der Waals surface area contributed by atoms with E-state index in [9.17, 15) is 0 Å². The van der Waals surface area contributed by atoms with Crippen molar-refractivity contribution in [2.75, 3.05) is 18.2 Å². The minimum Gasteiger partial charge on any atom is -0.384 e. The third-order valence-electron chi connectivity index (χ3n) is 3.08. The molecule has 0 aliphatic rings. The van der Waals surface area contributed by atoms with E-state index in [0.29, 0.717) is 0 Å². The van der Waals surface area contributed by atoms with Crippen molar-refractivity contribution in [3.8, 4) is 0 Å². The summed E-state index contributed by atoms with van der Waals surface area (Å²) >= 11 is 1.60. The highest BCUT2D eigenvalue weighted by molar-refractivity contribution is 7.98. The van der Waals surface area contributed by atoms with Crippen LogP contribution in [0.3, 0.4) is 0 Å². The highest BCUT2D eigenvalue weighted by atomic mass is 32.2. The van der Waals surface area contributed by atoms with Crippen LogP contribution in [0.15, 0.2) is 35.5 Å². The number of nitrogens with zero attached hydrogens (tertiary/aromatic N) is 3. The van der Waals surface area contributed by atoms with Crippen molar-refractivity contribution in [2.45, 2.75) is 11.4 Å². The Balaban J connectivity index is 2.34. The van der Waals surface area contributed by atoms with Crippen LogP contribution < -0.4 is 10.6 Å². The first-order valence-electron chi connectivity index (χ1n) is 6.23. The molecule has 6 heteroatoms. The second-order valence-corrected chi connectivity index (χ2v) is 5.49. The Bertz CT molecular complexity index is 620. The average Bonchev–Trinajstić information content (AvgIpc) is 2.82. The third-order valence-corrected chi connectivity index (χ3v) is 3.86. The van der Waals surface area contributed by atoms with Crippen LogP contribution in [0.5, 0.6) is 0 Å². The Hall–Kier alpha value is -1.95. The maximum Gasteiger partial charge on any atom is 0.126 e. The molecule has 1 heterocycles. The van der Waals surface area contributed by atoms with Gasteiger partial charge in [0.1, 0.15) is 5.84 Å². The lowest BCUT2D eigenvalue weighted by atomic mass is 10.1. The Morgan fingerprint density at radius 1 is 1.50 bits per heavy atom. The standard InChI is InChI=1S/C14H19N5S/c1-18(8-10-7-17-19(2)9-10)11-5-4-6-12(20-3)13(11)14(15)16/h4-7,9H,8H2,1-3H3,(H3,15,16). The number of nitrogens with one attached hydrogen (secondary N) is 1. The van der Waals surface area contributed by atoms with E-state index in [2.05, 4.69) is 10.00 Å². The van der Waals surface area contributed by atoms with Crippen LogP contribution >= 0.6 is 11.8 Å². The number of hydrogen-bond donors (Lipinski definition) is 2. The van der Waals surface area contributed by atoms with Gasteiger partial charge in [-0.3, -0.25) is 10.1 Å². The summed E-state index contributed by atoms with van der Waals surface area (Å²) in [5, 5.41) is 12.0. The van der Waals surface area contributed by atoms with E-state index in [-0.39, 0.29) is 5.84 Å². The maximum atomic E-state index is 7.82. The molecule has 0 bridgehead atoms. The number of benzene rings is 1. The fraction of sp³-hybridized carbons (Fsp3) is 0.286. The third kappa shape index (κ3) is 2.96. The van der Waals surface area contributed by atoms with Crippen molar-refractivity contribution in [3.05, 3.63) is 41.7 Å². The van der Waals surface area contributed by atoms with Crippen LogP contribution in [-0.4, -0.2) is 28.9 Å². The Kier molecular flexibility index (Phi) is 4.34. The van der Waals surface area contributed by atoms with E-state index in [1.165, 1.54) is 0 Å². The molecule has 0 unspecified atom stereocenters. The van der Waals surface area contributed by atoms with Gasteiger partial charge in [0.2, 0.25) is 0 Å². The summed E-state index contributed by atoms with van der Waals surface area (Å²) in [6.45, 7) is 0.728. The number of thioether (sulfide) groups is 1. The molecule has 0 fully saturated rings. The van der Waals surface area contributed by atoms with E-state index in [4.69, 9.17) is 11.1 Å². The van der Waals surface area contributed by atoms with Crippen LogP contribution in [0.25, 0.3) is 0 Å². The molecule has 0 radical (unpaired) electrons. The van der Waals surface area contributed by atoms with Gasteiger partial charge < -0.3 is 10.6 Å². The van der Waals surface area contributed by atoms with E-state index in [0.717, 1.165) is 28.3 Å². The Morgan fingerprint density at radius 2 is 2.25 bits per heavy atom. The smallest absolute Gasteiger partial charge is 0.126 e. The molecule has 0 aliphatic heterocycles. The number of nitrogens with two attached hydrogens (primary N) is 1. The molecular formula is C14H19N5S. The zero-order valence-electron chi connectivity index (χ0n) is 11.9. The number of rotatable bonds is 5. The summed E-state index contributed by atoms with van der Waals surface area (Å²) < 4.78 is 1.79. The van der Waals surface area contributed by atoms with Gasteiger partial charge in [0.15, 0.2) is 0 Å². The lowest BCUT2D eigenvalue weighted by Crippen LogP contribution is -2.22. The molecule has 3 N–H and O–H groups in total. The summed E-state index contributed by atoms with van der Waals surface area (Å²) in [4.78, 5) is 3.11. The maximum absolute atomic E-state index is 7.82. The van der Waals surface area contributed by atoms with Gasteiger partial charge in [-0.05, 0) is 18.4 Å². The molecule has 1 aromatic carbocycles. The quantitative estimate of drug-likeness (QED) is 0.502. The minimum absolute atomic E-state index is 0.1000. The fourth-order valence-corrected chi connectivity index (χ4v) is 2.82. The van der Waals surface area contributed by atoms with E-state index in [1.807, 2.05) is 50.9 Å². The lowest BCUT2D eigenvalue weighted by Gasteiger charge is -2.23. The predicted octanol–water partition coefficient (Wildman–Crippen LogP) is 2.06. The van der Waals surface area contributed by atoms with Crippen molar-refractivity contribution in [1.29, 1.82) is 5.41 Å². The monoisotopic (exact) mass is 289 g/mol. The first kappa shape index (κ1) is 14.5. The molecule has 0 spiro atoms. The lowest BCUT2D eigenvalue weighted by molar-refractivity contribution is 0.766. The molecule has 20 heavy (non-hydrogen) atoms. The van der Waals surface area contributed by atoms with Gasteiger partial charge in [-0.1, -0.05) is 6.07 Å². The van der Waals surface area contributed by atoms with Gasteiger partial charge in [-0.25, -0.2) is 0 Å². The fourth-order valence-electron chi connectivity index (χ4n) is 2.19. The summed E-state index contributed by atoms with van der Waals surface area (Å²) in [5.41, 5.74) is 8.64. The number of aromatic nitrogens is 2. The molecular weight excluding hydrogens is 270 g/mol. The van der Waals surface area contributed by atoms with Crippen molar-refractivity contribution >= 4 is 23.3 Å². The molecule has 0 amide bonds. The normalized spacial score (nSPS) is 10.6. The van der Waals surface area contributed by atoms with E-state index >= 15 is 0 Å². The number of nitrogen functional groups attached to an aromatic ring is 1. The van der Waals surface area contributed by atoms with Crippen LogP contribution in [0.1, 0.15) is 11.1 Å². The Labute approximate surface area is 123 Å². The average molecular weight is 289 g/mol. The first-order chi connectivity index (χ1) is 9.52. The molecule has 106 valence electrons. The van der Waals surface area contributed by atoms with Crippen molar-refractivity contribution < 1.29 is 0 Å². The number of hydrogen-bond acceptors (Lipinski definition) is 4. The van der Waals surface area contributed by atoms with Crippen LogP contribution in [0, 0.1) is 5.41 Å². The molecule has 0 saturated heterocycles. The van der Waals surface area contributed by atoms with Gasteiger partial charge in [0, 0.05) is 43.0 Å². The van der Waals surface area contributed by atoms with Crippen LogP contribution in [-0.2, 0) is 13.6 Å². The van der Waals surface area contributed by atoms with Gasteiger partial charge in [0.25, 0.3) is 0 Å². The molecule has 0 saturated carbocycles. The number of anilines is 1. The number of amidine groups is 1. The topological polar surface area (TPSA) is 70.9 Å². The van der Waals surface area contributed by atoms with Gasteiger partial charge >= 0.3 is 0 Å². The molecule has 2 aromatic rings.